The highest BCUT2D eigenvalue weighted by molar-refractivity contribution is 6.86. The Labute approximate surface area is 182 Å². The Bertz CT molecular complexity index is 497. The lowest BCUT2D eigenvalue weighted by Crippen LogP contribution is -2.55. The molecule has 29 heavy (non-hydrogen) atoms. The van der Waals surface area contributed by atoms with Gasteiger partial charge in [0, 0.05) is 18.9 Å². The van der Waals surface area contributed by atoms with Crippen molar-refractivity contribution in [3.63, 3.8) is 0 Å². The fraction of sp³-hybridized carbons (Fsp3) is 0.833. The van der Waals surface area contributed by atoms with Crippen molar-refractivity contribution < 1.29 is 32.0 Å². The highest BCUT2D eigenvalue weighted by atomic mass is 28.5. The molecule has 0 amide bonds. The predicted octanol–water partition coefficient (Wildman–Crippen LogP) is 3.17. The van der Waals surface area contributed by atoms with Crippen LogP contribution < -0.4 is 0 Å². The second-order valence-electron chi connectivity index (χ2n) is 9.22. The van der Waals surface area contributed by atoms with Crippen LogP contribution in [0, 0.1) is 0 Å². The summed E-state index contributed by atoms with van der Waals surface area (Å²) in [5.74, 6) is -0.555. The first kappa shape index (κ1) is 28.9. The van der Waals surface area contributed by atoms with Crippen LogP contribution in [-0.2, 0) is 26.9 Å². The highest BCUT2D eigenvalue weighted by Crippen LogP contribution is 2.26. The van der Waals surface area contributed by atoms with Crippen molar-refractivity contribution >= 4 is 40.2 Å². The molecule has 2 atom stereocenters. The molecule has 7 nitrogen and oxygen atoms in total. The Kier molecular flexibility index (Phi) is 13.3. The van der Waals surface area contributed by atoms with Gasteiger partial charge < -0.3 is 27.2 Å². The lowest BCUT2D eigenvalue weighted by molar-refractivity contribution is -0.141. The molecule has 0 bridgehead atoms. The van der Waals surface area contributed by atoms with Crippen molar-refractivity contribution in [2.45, 2.75) is 70.9 Å². The fourth-order valence-electron chi connectivity index (χ4n) is 2.69. The second-order valence-corrected chi connectivity index (χ2v) is 24.1. The molecule has 1 N–H and O–H groups in total. The predicted molar refractivity (Wildman–Crippen MR) is 127 cm³/mol. The number of hydrogen-bond acceptors (Lipinski definition) is 7. The summed E-state index contributed by atoms with van der Waals surface area (Å²) < 4.78 is 29.6. The summed E-state index contributed by atoms with van der Waals surface area (Å²) in [6.45, 7) is 21.2. The molecule has 0 saturated heterocycles. The van der Waals surface area contributed by atoms with Crippen LogP contribution in [0.2, 0.25) is 58.4 Å². The molecule has 0 fully saturated rings. The van der Waals surface area contributed by atoms with Crippen LogP contribution in [0.3, 0.4) is 0 Å². The minimum atomic E-state index is -2.41. The summed E-state index contributed by atoms with van der Waals surface area (Å²) in [5.41, 5.74) is 0. The summed E-state index contributed by atoms with van der Waals surface area (Å²) in [6.07, 6.45) is 1.82. The van der Waals surface area contributed by atoms with E-state index >= 15 is 0 Å². The first-order chi connectivity index (χ1) is 13.2. The monoisotopic (exact) mass is 482 g/mol. The van der Waals surface area contributed by atoms with E-state index in [-0.39, 0.29) is 13.2 Å². The molecule has 0 aromatic rings. The van der Waals surface area contributed by atoms with Gasteiger partial charge in [-0.25, -0.2) is 4.79 Å². The molecule has 0 aliphatic rings. The summed E-state index contributed by atoms with van der Waals surface area (Å²) in [4.78, 5) is 11.0. The van der Waals surface area contributed by atoms with Crippen molar-refractivity contribution in [3.8, 4) is 0 Å². The quantitative estimate of drug-likeness (QED) is 0.156. The van der Waals surface area contributed by atoms with Gasteiger partial charge in [-0.1, -0.05) is 19.7 Å². The standard InChI is InChI=1S/C18H42O7Si4/c1-10-18(20)22-15-17(19)14-21-12-11-13-29(9,24-27(4,5)6)25-28(7,8)23-16-26(2)3/h10,17,19,26H,1,11-16H2,2-9H3. The molecule has 0 aromatic heterocycles. The Morgan fingerprint density at radius 1 is 1.10 bits per heavy atom. The molecule has 0 aromatic carbocycles. The molecule has 0 aliphatic carbocycles. The molecular formula is C18H42O7Si4. The summed E-state index contributed by atoms with van der Waals surface area (Å²) in [7, 11) is -7.25. The van der Waals surface area contributed by atoms with Crippen molar-refractivity contribution in [1.82, 2.24) is 0 Å². The van der Waals surface area contributed by atoms with Crippen LogP contribution in [0.15, 0.2) is 12.7 Å². The number of rotatable bonds is 16. The van der Waals surface area contributed by atoms with Crippen LogP contribution in [0.4, 0.5) is 0 Å². The normalized spacial score (nSPS) is 15.8. The van der Waals surface area contributed by atoms with Gasteiger partial charge in [0.05, 0.1) is 15.4 Å². The average Bonchev–Trinajstić information content (AvgIpc) is 2.55. The Morgan fingerprint density at radius 3 is 2.24 bits per heavy atom. The molecule has 0 heterocycles. The van der Waals surface area contributed by atoms with Crippen LogP contribution in [-0.4, -0.2) is 77.5 Å². The number of esters is 1. The number of carbonyl (C=O) groups excluding carboxylic acids is 1. The van der Waals surface area contributed by atoms with Gasteiger partial charge in [-0.3, -0.25) is 0 Å². The smallest absolute Gasteiger partial charge is 0.330 e. The van der Waals surface area contributed by atoms with Gasteiger partial charge in [0.2, 0.25) is 0 Å². The van der Waals surface area contributed by atoms with Gasteiger partial charge in [0.25, 0.3) is 0 Å². The largest absolute Gasteiger partial charge is 0.460 e. The molecular weight excluding hydrogens is 441 g/mol. The molecule has 0 saturated carbocycles. The lowest BCUT2D eigenvalue weighted by atomic mass is 10.4. The maximum atomic E-state index is 11.0. The minimum absolute atomic E-state index is 0.102. The van der Waals surface area contributed by atoms with Gasteiger partial charge in [0.1, 0.15) is 12.7 Å². The lowest BCUT2D eigenvalue weighted by Gasteiger charge is -2.39. The topological polar surface area (TPSA) is 83.5 Å². The zero-order chi connectivity index (χ0) is 22.7. The van der Waals surface area contributed by atoms with Crippen molar-refractivity contribution in [2.75, 3.05) is 26.1 Å². The van der Waals surface area contributed by atoms with Gasteiger partial charge in [0.15, 0.2) is 8.32 Å². The molecule has 11 heteroatoms. The van der Waals surface area contributed by atoms with E-state index in [1.807, 2.05) is 0 Å². The van der Waals surface area contributed by atoms with Gasteiger partial charge in [-0.05, 0) is 51.7 Å². The van der Waals surface area contributed by atoms with E-state index in [2.05, 4.69) is 59.0 Å². The zero-order valence-electron chi connectivity index (χ0n) is 19.6. The number of carbonyl (C=O) groups is 1. The average molecular weight is 483 g/mol. The zero-order valence-corrected chi connectivity index (χ0v) is 23.7. The number of hydrogen-bond donors (Lipinski definition) is 1. The summed E-state index contributed by atoms with van der Waals surface area (Å²) in [6, 6.07) is 0.803. The van der Waals surface area contributed by atoms with Gasteiger partial charge >= 0.3 is 23.1 Å². The molecule has 0 radical (unpaired) electrons. The van der Waals surface area contributed by atoms with E-state index < -0.39 is 46.3 Å². The summed E-state index contributed by atoms with van der Waals surface area (Å²) >= 11 is 0. The van der Waals surface area contributed by atoms with Crippen molar-refractivity contribution in [3.05, 3.63) is 12.7 Å². The maximum Gasteiger partial charge on any atom is 0.330 e. The van der Waals surface area contributed by atoms with Crippen LogP contribution in [0.25, 0.3) is 0 Å². The van der Waals surface area contributed by atoms with Crippen LogP contribution in [0.5, 0.6) is 0 Å². The Hall–Kier alpha value is -0.122. The van der Waals surface area contributed by atoms with Gasteiger partial charge in [-0.15, -0.1) is 0 Å². The van der Waals surface area contributed by atoms with Crippen LogP contribution >= 0.6 is 0 Å². The van der Waals surface area contributed by atoms with E-state index in [4.69, 9.17) is 22.1 Å². The van der Waals surface area contributed by atoms with E-state index in [1.165, 1.54) is 0 Å². The first-order valence-electron chi connectivity index (χ1n) is 10.3. The third-order valence-corrected chi connectivity index (χ3v) is 14.7. The molecule has 2 unspecified atom stereocenters. The number of aliphatic hydroxyl groups is 1. The van der Waals surface area contributed by atoms with Gasteiger partial charge in [-0.2, -0.15) is 0 Å². The van der Waals surface area contributed by atoms with E-state index in [0.717, 1.165) is 24.8 Å². The van der Waals surface area contributed by atoms with E-state index in [9.17, 15) is 9.90 Å². The molecule has 0 rings (SSSR count). The third kappa shape index (κ3) is 16.3. The second kappa shape index (κ2) is 13.3. The Morgan fingerprint density at radius 2 is 1.72 bits per heavy atom. The van der Waals surface area contributed by atoms with Crippen LogP contribution in [0.1, 0.15) is 6.42 Å². The Balaban J connectivity index is 4.56. The fourth-order valence-corrected chi connectivity index (χ4v) is 17.3. The molecule has 0 aliphatic heterocycles. The van der Waals surface area contributed by atoms with E-state index in [1.54, 1.807) is 0 Å². The number of aliphatic hydroxyl groups excluding tert-OH is 1. The maximum absolute atomic E-state index is 11.0. The molecule has 0 spiro atoms. The molecule has 172 valence electrons. The summed E-state index contributed by atoms with van der Waals surface area (Å²) in [5, 5.41) is 9.78. The minimum Gasteiger partial charge on any atom is -0.460 e. The SMILES string of the molecule is C=CC(=O)OCC(O)COCCC[Si](C)(O[Si](C)(C)C)O[Si](C)(C)OC[SiH](C)C. The first-order valence-corrected chi connectivity index (χ1v) is 22.1. The van der Waals surface area contributed by atoms with Crippen molar-refractivity contribution in [2.24, 2.45) is 0 Å². The number of ether oxygens (including phenoxy) is 2. The highest BCUT2D eigenvalue weighted by Gasteiger charge is 2.42. The third-order valence-electron chi connectivity index (χ3n) is 3.56. The van der Waals surface area contributed by atoms with E-state index in [0.29, 0.717) is 6.61 Å². The van der Waals surface area contributed by atoms with Crippen molar-refractivity contribution in [1.29, 1.82) is 0 Å².